The summed E-state index contributed by atoms with van der Waals surface area (Å²) < 4.78 is 64.0. The highest BCUT2D eigenvalue weighted by Gasteiger charge is 1.97. The minimum absolute atomic E-state index is 0.238. The number of azide groups is 1. The molecule has 0 atom stereocenters. The second-order valence-corrected chi connectivity index (χ2v) is 8.14. The van der Waals surface area contributed by atoms with E-state index in [1.807, 2.05) is 0 Å². The number of carbonyl (C=O) groups is 1. The quantitative estimate of drug-likeness (QED) is 0.0431. The lowest BCUT2D eigenvalue weighted by molar-refractivity contribution is -0.142. The van der Waals surface area contributed by atoms with Gasteiger partial charge >= 0.3 is 5.97 Å². The van der Waals surface area contributed by atoms with Gasteiger partial charge in [-0.15, -0.1) is 0 Å². The Morgan fingerprint density at radius 2 is 0.628 bits per heavy atom. The first-order valence-corrected chi connectivity index (χ1v) is 14.4. The molecule has 0 saturated heterocycles. The van der Waals surface area contributed by atoms with Crippen LogP contribution in [0.1, 0.15) is 0 Å². The number of carboxylic acids is 1. The monoisotopic (exact) mass is 629 g/mol. The molecular weight excluding hydrogens is 578 g/mol. The molecule has 254 valence electrons. The van der Waals surface area contributed by atoms with E-state index in [0.29, 0.717) is 152 Å². The van der Waals surface area contributed by atoms with E-state index in [4.69, 9.17) is 67.5 Å². The van der Waals surface area contributed by atoms with Crippen molar-refractivity contribution in [3.63, 3.8) is 0 Å². The van der Waals surface area contributed by atoms with Crippen molar-refractivity contribution in [1.29, 1.82) is 0 Å². The molecule has 0 aliphatic heterocycles. The lowest BCUT2D eigenvalue weighted by Crippen LogP contribution is -2.15. The van der Waals surface area contributed by atoms with Crippen molar-refractivity contribution in [3.05, 3.63) is 10.4 Å². The number of aliphatic carboxylic acids is 1. The summed E-state index contributed by atoms with van der Waals surface area (Å²) in [5.74, 6) is -0.999. The van der Waals surface area contributed by atoms with Gasteiger partial charge in [-0.3, -0.25) is 0 Å². The first-order valence-electron chi connectivity index (χ1n) is 14.4. The first-order chi connectivity index (χ1) is 21.3. The normalized spacial score (nSPS) is 11.2. The van der Waals surface area contributed by atoms with Crippen molar-refractivity contribution < 1.29 is 66.7 Å². The van der Waals surface area contributed by atoms with Crippen LogP contribution in [0.3, 0.4) is 0 Å². The minimum atomic E-state index is -0.999. The second kappa shape index (κ2) is 38.3. The summed E-state index contributed by atoms with van der Waals surface area (Å²) in [6.07, 6.45) is 0. The third-order valence-corrected chi connectivity index (χ3v) is 4.72. The maximum atomic E-state index is 10.3. The van der Waals surface area contributed by atoms with Gasteiger partial charge in [0.25, 0.3) is 0 Å². The zero-order chi connectivity index (χ0) is 31.2. The summed E-state index contributed by atoms with van der Waals surface area (Å²) in [5, 5.41) is 11.8. The topological polar surface area (TPSA) is 197 Å². The van der Waals surface area contributed by atoms with Crippen molar-refractivity contribution in [3.8, 4) is 0 Å². The molecule has 0 aromatic carbocycles. The number of hydrogen-bond donors (Lipinski definition) is 1. The summed E-state index contributed by atoms with van der Waals surface area (Å²) in [6.45, 7) is 10.4. The Morgan fingerprint density at radius 3 is 0.837 bits per heavy atom. The summed E-state index contributed by atoms with van der Waals surface area (Å²) in [7, 11) is 0. The van der Waals surface area contributed by atoms with Gasteiger partial charge in [-0.05, 0) is 5.53 Å². The summed E-state index contributed by atoms with van der Waals surface area (Å²) in [6, 6.07) is 0. The molecule has 17 heteroatoms. The largest absolute Gasteiger partial charge is 0.480 e. The fourth-order valence-electron chi connectivity index (χ4n) is 2.73. The molecule has 43 heavy (non-hydrogen) atoms. The highest BCUT2D eigenvalue weighted by molar-refractivity contribution is 5.67. The van der Waals surface area contributed by atoms with Crippen LogP contribution in [0.5, 0.6) is 0 Å². The van der Waals surface area contributed by atoms with E-state index < -0.39 is 5.97 Å². The maximum Gasteiger partial charge on any atom is 0.329 e. The van der Waals surface area contributed by atoms with E-state index >= 15 is 0 Å². The van der Waals surface area contributed by atoms with Crippen LogP contribution in [0.4, 0.5) is 0 Å². The highest BCUT2D eigenvalue weighted by Crippen LogP contribution is 1.87. The van der Waals surface area contributed by atoms with Gasteiger partial charge in [-0.2, -0.15) is 0 Å². The fourth-order valence-corrected chi connectivity index (χ4v) is 2.73. The van der Waals surface area contributed by atoms with Crippen LogP contribution in [0, 0.1) is 0 Å². The van der Waals surface area contributed by atoms with Crippen molar-refractivity contribution in [2.45, 2.75) is 0 Å². The Bertz CT molecular complexity index is 582. The standard InChI is InChI=1S/C26H51N3O14/c27-29-28-1-2-32-3-4-33-5-6-34-7-8-35-9-10-36-11-12-37-13-14-38-15-16-39-17-18-40-19-20-41-21-22-42-23-24-43-25-26(30)31/h1-25H2,(H,30,31). The Kier molecular flexibility index (Phi) is 36.8. The SMILES string of the molecule is [N-]=[N+]=NCCOCCOCCOCCOCCOCCOCCOCCOCCOCCOCCOCCOCC(=O)O. The molecule has 0 bridgehead atoms. The smallest absolute Gasteiger partial charge is 0.329 e. The molecule has 17 nitrogen and oxygen atoms in total. The van der Waals surface area contributed by atoms with Crippen LogP contribution in [-0.4, -0.2) is 176 Å². The van der Waals surface area contributed by atoms with Crippen molar-refractivity contribution >= 4 is 5.97 Å². The van der Waals surface area contributed by atoms with Crippen LogP contribution < -0.4 is 0 Å². The molecule has 0 aromatic rings. The predicted molar refractivity (Wildman–Crippen MR) is 151 cm³/mol. The molecule has 1 N–H and O–H groups in total. The first kappa shape index (κ1) is 41.3. The van der Waals surface area contributed by atoms with E-state index in [1.54, 1.807) is 0 Å². The van der Waals surface area contributed by atoms with Crippen molar-refractivity contribution in [2.24, 2.45) is 5.11 Å². The van der Waals surface area contributed by atoms with Gasteiger partial charge in [-0.1, -0.05) is 5.11 Å². The molecule has 0 fully saturated rings. The zero-order valence-electron chi connectivity index (χ0n) is 25.3. The summed E-state index contributed by atoms with van der Waals surface area (Å²) >= 11 is 0. The van der Waals surface area contributed by atoms with E-state index in [9.17, 15) is 4.79 Å². The summed E-state index contributed by atoms with van der Waals surface area (Å²) in [4.78, 5) is 12.9. The van der Waals surface area contributed by atoms with Crippen LogP contribution in [0.15, 0.2) is 5.11 Å². The highest BCUT2D eigenvalue weighted by atomic mass is 16.6. The van der Waals surface area contributed by atoms with Gasteiger partial charge in [0.15, 0.2) is 0 Å². The van der Waals surface area contributed by atoms with Gasteiger partial charge in [0.1, 0.15) is 6.61 Å². The molecule has 0 aliphatic carbocycles. The third-order valence-electron chi connectivity index (χ3n) is 4.72. The number of ether oxygens (including phenoxy) is 12. The van der Waals surface area contributed by atoms with Gasteiger partial charge in [0.2, 0.25) is 0 Å². The molecule has 0 aromatic heterocycles. The number of carboxylic acid groups (broad SMARTS) is 1. The summed E-state index contributed by atoms with van der Waals surface area (Å²) in [5.41, 5.74) is 8.12. The van der Waals surface area contributed by atoms with Crippen LogP contribution >= 0.6 is 0 Å². The average Bonchev–Trinajstić information content (AvgIpc) is 3.00. The fraction of sp³-hybridized carbons (Fsp3) is 0.962. The Morgan fingerprint density at radius 1 is 0.419 bits per heavy atom. The molecule has 0 spiro atoms. The van der Waals surface area contributed by atoms with Crippen LogP contribution in [0.2, 0.25) is 0 Å². The van der Waals surface area contributed by atoms with E-state index in [1.165, 1.54) is 0 Å². The molecule has 0 unspecified atom stereocenters. The zero-order valence-corrected chi connectivity index (χ0v) is 25.3. The number of nitrogens with zero attached hydrogens (tertiary/aromatic N) is 3. The van der Waals surface area contributed by atoms with E-state index in [2.05, 4.69) is 10.0 Å². The Balaban J connectivity index is 3.04. The minimum Gasteiger partial charge on any atom is -0.480 e. The van der Waals surface area contributed by atoms with Crippen LogP contribution in [-0.2, 0) is 61.6 Å². The molecule has 0 radical (unpaired) electrons. The van der Waals surface area contributed by atoms with Gasteiger partial charge in [-0.25, -0.2) is 4.79 Å². The number of hydrogen-bond acceptors (Lipinski definition) is 14. The maximum absolute atomic E-state index is 10.3. The Labute approximate surface area is 253 Å². The molecule has 0 heterocycles. The van der Waals surface area contributed by atoms with Crippen molar-refractivity contribution in [1.82, 2.24) is 0 Å². The number of rotatable bonds is 38. The molecule has 0 saturated carbocycles. The molecule has 0 aliphatic rings. The lowest BCUT2D eigenvalue weighted by atomic mass is 10.6. The van der Waals surface area contributed by atoms with E-state index in [-0.39, 0.29) is 13.2 Å². The average molecular weight is 630 g/mol. The van der Waals surface area contributed by atoms with Gasteiger partial charge < -0.3 is 61.9 Å². The Hall–Kier alpha value is -1.70. The lowest BCUT2D eigenvalue weighted by Gasteiger charge is -2.09. The molecular formula is C26H51N3O14. The molecule has 0 amide bonds. The van der Waals surface area contributed by atoms with Crippen molar-refractivity contribution in [2.75, 3.05) is 165 Å². The molecule has 0 rings (SSSR count). The van der Waals surface area contributed by atoms with E-state index in [0.717, 1.165) is 0 Å². The van der Waals surface area contributed by atoms with Gasteiger partial charge in [0, 0.05) is 11.5 Å². The second-order valence-electron chi connectivity index (χ2n) is 8.14. The predicted octanol–water partition coefficient (Wildman–Crippen LogP) is 0.581. The third kappa shape index (κ3) is 40.3. The van der Waals surface area contributed by atoms with Gasteiger partial charge in [0.05, 0.1) is 152 Å². The van der Waals surface area contributed by atoms with Crippen LogP contribution in [0.25, 0.3) is 10.4 Å².